The van der Waals surface area contributed by atoms with Crippen LogP contribution in [0.15, 0.2) is 42.7 Å². The molecule has 4 aromatic heterocycles. The minimum absolute atomic E-state index is 0.0166. The summed E-state index contributed by atoms with van der Waals surface area (Å²) in [7, 11) is 0. The topological polar surface area (TPSA) is 174 Å². The van der Waals surface area contributed by atoms with Crippen LogP contribution in [-0.4, -0.2) is 74.3 Å². The maximum absolute atomic E-state index is 17.5. The lowest BCUT2D eigenvalue weighted by Gasteiger charge is -2.34. The maximum atomic E-state index is 17.5. The Bertz CT molecular complexity index is 2730. The predicted molar refractivity (Wildman–Crippen MR) is 214 cm³/mol. The van der Waals surface area contributed by atoms with Crippen molar-refractivity contribution in [1.82, 2.24) is 29.8 Å². The van der Waals surface area contributed by atoms with Gasteiger partial charge in [0.15, 0.2) is 11.6 Å². The molecule has 0 bridgehead atoms. The van der Waals surface area contributed by atoms with Crippen molar-refractivity contribution in [1.29, 1.82) is 5.26 Å². The van der Waals surface area contributed by atoms with E-state index in [1.54, 1.807) is 12.3 Å². The molecule has 60 heavy (non-hydrogen) atoms. The lowest BCUT2D eigenvalue weighted by molar-refractivity contribution is -0.145. The van der Waals surface area contributed by atoms with Gasteiger partial charge in [-0.05, 0) is 56.8 Å². The van der Waals surface area contributed by atoms with E-state index in [2.05, 4.69) is 24.8 Å². The first-order valence-corrected chi connectivity index (χ1v) is 20.1. The molecular formula is C40H34ClF5N10O3S. The van der Waals surface area contributed by atoms with Crippen LogP contribution in [0.1, 0.15) is 55.6 Å². The van der Waals surface area contributed by atoms with Crippen LogP contribution in [0.4, 0.5) is 38.6 Å². The minimum Gasteiger partial charge on any atom is -0.489 e. The summed E-state index contributed by atoms with van der Waals surface area (Å²) < 4.78 is 91.0. The van der Waals surface area contributed by atoms with Gasteiger partial charge in [0.25, 0.3) is 0 Å². The first-order chi connectivity index (χ1) is 28.8. The van der Waals surface area contributed by atoms with Crippen molar-refractivity contribution in [2.45, 2.75) is 56.4 Å². The van der Waals surface area contributed by atoms with E-state index < -0.39 is 35.2 Å². The Labute approximate surface area is 347 Å². The van der Waals surface area contributed by atoms with Gasteiger partial charge in [0.05, 0.1) is 38.8 Å². The van der Waals surface area contributed by atoms with E-state index in [1.165, 1.54) is 12.1 Å². The first-order valence-electron chi connectivity index (χ1n) is 19.0. The monoisotopic (exact) mass is 864 g/mol. The van der Waals surface area contributed by atoms with Gasteiger partial charge in [-0.15, -0.1) is 11.3 Å². The molecule has 9 rings (SSSR count). The number of hydrogen-bond acceptors (Lipinski definition) is 14. The summed E-state index contributed by atoms with van der Waals surface area (Å²) in [6.07, 6.45) is 0.801. The Hall–Kier alpha value is -5.84. The number of rotatable bonds is 9. The zero-order valence-corrected chi connectivity index (χ0v) is 33.3. The number of ether oxygens (including phenoxy) is 3. The normalized spacial score (nSPS) is 19.6. The number of nitrogens with zero attached hydrogens (tertiary/aromatic N) is 8. The number of benzene rings is 2. The number of nitrogens with two attached hydrogens (primary N) is 2. The Morgan fingerprint density at radius 1 is 1.07 bits per heavy atom. The molecule has 0 spiro atoms. The Kier molecular flexibility index (Phi) is 9.91. The summed E-state index contributed by atoms with van der Waals surface area (Å²) in [5.74, 6) is -2.34. The molecule has 4 N–H and O–H groups in total. The molecule has 0 aliphatic carbocycles. The summed E-state index contributed by atoms with van der Waals surface area (Å²) in [6.45, 7) is 3.12. The molecule has 3 aliphatic rings. The molecule has 13 nitrogen and oxygen atoms in total. The molecule has 0 unspecified atom stereocenters. The molecule has 20 heteroatoms. The number of halogens is 6. The third-order valence-corrected chi connectivity index (χ3v) is 13.0. The van der Waals surface area contributed by atoms with E-state index in [1.807, 2.05) is 24.0 Å². The van der Waals surface area contributed by atoms with Crippen molar-refractivity contribution in [2.75, 3.05) is 49.3 Å². The fraction of sp³-hybridized carbons (Fsp3) is 0.350. The molecule has 2 saturated heterocycles. The summed E-state index contributed by atoms with van der Waals surface area (Å²) in [4.78, 5) is 24.8. The van der Waals surface area contributed by atoms with E-state index in [0.29, 0.717) is 30.8 Å². The highest BCUT2D eigenvalue weighted by Crippen LogP contribution is 2.52. The summed E-state index contributed by atoms with van der Waals surface area (Å²) in [6, 6.07) is 8.66. The van der Waals surface area contributed by atoms with Crippen LogP contribution in [0.5, 0.6) is 17.6 Å². The SMILES string of the molecule is C[C@H](c1cccnc1N)N1CCOc2c(Cl)c(-c3ccc(F)c4sc(N)c(C#N)c34)c(F)c3nc(OC[C@@]45CCCN4[C@H](COc4ccnc(C(F)(F)F)n4)CC5)nc1c23. The molecule has 3 aliphatic heterocycles. The van der Waals surface area contributed by atoms with Crippen LogP contribution < -0.4 is 30.6 Å². The number of aromatic nitrogens is 5. The number of thiophene rings is 1. The van der Waals surface area contributed by atoms with Crippen LogP contribution in [0, 0.1) is 23.0 Å². The second-order valence-corrected chi connectivity index (χ2v) is 16.3. The average molecular weight is 865 g/mol. The highest BCUT2D eigenvalue weighted by atomic mass is 35.5. The maximum Gasteiger partial charge on any atom is 0.451 e. The van der Waals surface area contributed by atoms with Gasteiger partial charge in [-0.3, -0.25) is 4.90 Å². The van der Waals surface area contributed by atoms with Crippen molar-refractivity contribution in [2.24, 2.45) is 0 Å². The van der Waals surface area contributed by atoms with Crippen molar-refractivity contribution in [3.63, 3.8) is 0 Å². The molecule has 2 aromatic carbocycles. The van der Waals surface area contributed by atoms with Crippen molar-refractivity contribution < 1.29 is 36.2 Å². The van der Waals surface area contributed by atoms with Gasteiger partial charge in [0.2, 0.25) is 11.7 Å². The van der Waals surface area contributed by atoms with Gasteiger partial charge in [-0.1, -0.05) is 23.7 Å². The molecule has 6 aromatic rings. The number of alkyl halides is 3. The van der Waals surface area contributed by atoms with Gasteiger partial charge in [0, 0.05) is 41.0 Å². The van der Waals surface area contributed by atoms with Crippen LogP contribution >= 0.6 is 22.9 Å². The highest BCUT2D eigenvalue weighted by molar-refractivity contribution is 7.23. The minimum atomic E-state index is -4.71. The summed E-state index contributed by atoms with van der Waals surface area (Å²) in [5.41, 5.74) is 12.4. The number of pyridine rings is 1. The molecule has 3 atom stereocenters. The number of fused-ring (bicyclic) bond motifs is 2. The van der Waals surface area contributed by atoms with Gasteiger partial charge in [0.1, 0.15) is 53.9 Å². The molecule has 0 saturated carbocycles. The average Bonchev–Trinajstić information content (AvgIpc) is 3.86. The van der Waals surface area contributed by atoms with E-state index in [-0.39, 0.29) is 104 Å². The number of nitrogen functional groups attached to an aromatic ring is 2. The Balaban J connectivity index is 1.12. The molecule has 0 radical (unpaired) electrons. The fourth-order valence-corrected chi connectivity index (χ4v) is 10.1. The van der Waals surface area contributed by atoms with Crippen molar-refractivity contribution in [3.05, 3.63) is 76.3 Å². The van der Waals surface area contributed by atoms with Crippen LogP contribution in [-0.2, 0) is 6.18 Å². The molecule has 310 valence electrons. The molecule has 0 amide bonds. The van der Waals surface area contributed by atoms with Crippen LogP contribution in [0.2, 0.25) is 5.02 Å². The zero-order chi connectivity index (χ0) is 42.1. The first kappa shape index (κ1) is 39.6. The second kappa shape index (κ2) is 15.0. The standard InChI is InChI=1S/C40H34ClF5N10O3S/c1-19(21-4-2-11-50-34(21)48)55-14-15-57-32-28-31(30(43)27(29(32)41)22-5-6-24(42)33-26(22)23(16-47)35(49)60-33)53-38(54-36(28)55)59-18-39-9-3-13-56(39)20(7-10-39)17-58-25-8-12-51-37(52-25)40(44,45)46/h2,4-6,8,11-12,19-20H,3,7,9-10,13-15,17-18,49H2,1H3,(H2,48,50)/t19-,20+,39+/m1/s1. The van der Waals surface area contributed by atoms with E-state index in [4.69, 9.17) is 42.3 Å². The van der Waals surface area contributed by atoms with E-state index in [9.17, 15) is 18.4 Å². The van der Waals surface area contributed by atoms with Gasteiger partial charge < -0.3 is 30.6 Å². The number of hydrogen-bond donors (Lipinski definition) is 2. The van der Waals surface area contributed by atoms with Gasteiger partial charge >= 0.3 is 12.2 Å². The smallest absolute Gasteiger partial charge is 0.451 e. The second-order valence-electron chi connectivity index (χ2n) is 14.9. The Morgan fingerprint density at radius 3 is 2.68 bits per heavy atom. The summed E-state index contributed by atoms with van der Waals surface area (Å²) >= 11 is 7.97. The highest BCUT2D eigenvalue weighted by Gasteiger charge is 2.50. The molecule has 2 fully saturated rings. The number of nitriles is 1. The van der Waals surface area contributed by atoms with Crippen LogP contribution in [0.25, 0.3) is 32.1 Å². The largest absolute Gasteiger partial charge is 0.489 e. The van der Waals surface area contributed by atoms with Crippen molar-refractivity contribution in [3.8, 4) is 34.8 Å². The summed E-state index contributed by atoms with van der Waals surface area (Å²) in [5, 5.41) is 10.2. The number of anilines is 3. The lowest BCUT2D eigenvalue weighted by atomic mass is 9.95. The van der Waals surface area contributed by atoms with Crippen LogP contribution in [0.3, 0.4) is 0 Å². The predicted octanol–water partition coefficient (Wildman–Crippen LogP) is 8.10. The third-order valence-electron chi connectivity index (χ3n) is 11.6. The van der Waals surface area contributed by atoms with Gasteiger partial charge in [-0.2, -0.15) is 33.4 Å². The van der Waals surface area contributed by atoms with E-state index >= 15 is 8.78 Å². The Morgan fingerprint density at radius 2 is 1.90 bits per heavy atom. The zero-order valence-electron chi connectivity index (χ0n) is 31.7. The fourth-order valence-electron chi connectivity index (χ4n) is 8.80. The molecular weight excluding hydrogens is 831 g/mol. The van der Waals surface area contributed by atoms with Gasteiger partial charge in [-0.25, -0.2) is 18.7 Å². The third kappa shape index (κ3) is 6.57. The lowest BCUT2D eigenvalue weighted by Crippen LogP contribution is -2.48. The quantitative estimate of drug-likeness (QED) is 0.134. The van der Waals surface area contributed by atoms with E-state index in [0.717, 1.165) is 36.4 Å². The van der Waals surface area contributed by atoms with Crippen molar-refractivity contribution >= 4 is 60.6 Å². The molecule has 7 heterocycles.